The number of piperidine rings is 1. The molecule has 1 aromatic heterocycles. The summed E-state index contributed by atoms with van der Waals surface area (Å²) >= 11 is 0. The van der Waals surface area contributed by atoms with Crippen molar-refractivity contribution in [2.45, 2.75) is 25.5 Å². The Labute approximate surface area is 151 Å². The van der Waals surface area contributed by atoms with Crippen molar-refractivity contribution in [3.8, 4) is 0 Å². The number of β-amino-alcohol motifs (C(OH)–C–C–N with tert-alkyl or cyclic N) is 1. The number of aromatic nitrogens is 1. The fourth-order valence-corrected chi connectivity index (χ4v) is 3.31. The van der Waals surface area contributed by atoms with E-state index in [0.29, 0.717) is 30.1 Å². The molecule has 1 amide bonds. The number of carbonyl (C=O) groups is 1. The highest BCUT2D eigenvalue weighted by Gasteiger charge is 2.31. The summed E-state index contributed by atoms with van der Waals surface area (Å²) in [5.41, 5.74) is 3.26. The second-order valence-corrected chi connectivity index (χ2v) is 6.71. The highest BCUT2D eigenvalue weighted by molar-refractivity contribution is 5.94. The van der Waals surface area contributed by atoms with Crippen LogP contribution in [-0.2, 0) is 0 Å². The first-order chi connectivity index (χ1) is 12.6. The van der Waals surface area contributed by atoms with E-state index in [2.05, 4.69) is 10.3 Å². The topological polar surface area (TPSA) is 78.6 Å². The number of rotatable bonds is 3. The van der Waals surface area contributed by atoms with Gasteiger partial charge in [-0.2, -0.15) is 4.98 Å². The third-order valence-corrected chi connectivity index (χ3v) is 4.74. The Morgan fingerprint density at radius 3 is 2.85 bits per heavy atom. The van der Waals surface area contributed by atoms with Gasteiger partial charge in [0.1, 0.15) is 5.52 Å². The lowest BCUT2D eigenvalue weighted by Crippen LogP contribution is -2.51. The van der Waals surface area contributed by atoms with Crippen LogP contribution in [0.25, 0.3) is 11.1 Å². The number of hydrogen-bond donors (Lipinski definition) is 2. The number of aryl methyl sites for hydroxylation is 1. The molecule has 2 heterocycles. The number of carbonyl (C=O) groups excluding carboxylic acids is 1. The predicted octanol–water partition coefficient (Wildman–Crippen LogP) is 2.82. The average Bonchev–Trinajstić information content (AvgIpc) is 3.05. The summed E-state index contributed by atoms with van der Waals surface area (Å²) in [6.07, 6.45) is -0.0644. The number of hydrogen-bond acceptors (Lipinski definition) is 5. The van der Waals surface area contributed by atoms with E-state index >= 15 is 0 Å². The summed E-state index contributed by atoms with van der Waals surface area (Å²) in [7, 11) is 0. The first-order valence-corrected chi connectivity index (χ1v) is 8.76. The zero-order chi connectivity index (χ0) is 18.1. The van der Waals surface area contributed by atoms with Crippen molar-refractivity contribution in [2.75, 3.05) is 18.4 Å². The Morgan fingerprint density at radius 2 is 2.08 bits per heavy atom. The van der Waals surface area contributed by atoms with Crippen LogP contribution in [0.5, 0.6) is 0 Å². The van der Waals surface area contributed by atoms with Crippen molar-refractivity contribution in [1.82, 2.24) is 9.88 Å². The molecular formula is C20H21N3O3. The number of oxazole rings is 1. The van der Waals surface area contributed by atoms with Gasteiger partial charge in [-0.05, 0) is 43.2 Å². The Balaban J connectivity index is 1.42. The maximum absolute atomic E-state index is 12.5. The molecule has 6 heteroatoms. The lowest BCUT2D eigenvalue weighted by molar-refractivity contribution is 0.0423. The molecule has 0 bridgehead atoms. The highest BCUT2D eigenvalue weighted by Crippen LogP contribution is 2.23. The summed E-state index contributed by atoms with van der Waals surface area (Å²) < 4.78 is 5.70. The largest absolute Gasteiger partial charge is 0.424 e. The number of aliphatic hydroxyl groups is 1. The number of likely N-dealkylation sites (tertiary alicyclic amines) is 1. The maximum Gasteiger partial charge on any atom is 0.295 e. The van der Waals surface area contributed by atoms with Crippen LogP contribution in [0.4, 0.5) is 6.01 Å². The molecule has 4 rings (SSSR count). The van der Waals surface area contributed by atoms with Crippen LogP contribution < -0.4 is 5.32 Å². The fourth-order valence-electron chi connectivity index (χ4n) is 3.31. The SMILES string of the molecule is Cc1ccc2oc(N[C@@H]3CCN(C(=O)c4ccccc4)C[C@H]3O)nc2c1. The maximum atomic E-state index is 12.5. The molecule has 2 aromatic carbocycles. The molecule has 0 spiro atoms. The standard InChI is InChI=1S/C20H21N3O3/c1-13-7-8-18-16(11-13)22-20(26-18)21-15-9-10-23(12-17(15)24)19(25)14-5-3-2-4-6-14/h2-8,11,15,17,24H,9-10,12H2,1H3,(H,21,22)/t15-,17-/m1/s1. The lowest BCUT2D eigenvalue weighted by atomic mass is 10.0. The Bertz CT molecular complexity index is 922. The summed E-state index contributed by atoms with van der Waals surface area (Å²) in [5, 5.41) is 13.7. The van der Waals surface area contributed by atoms with Gasteiger partial charge in [0.05, 0.1) is 12.1 Å². The average molecular weight is 351 g/mol. The molecule has 0 unspecified atom stereocenters. The van der Waals surface area contributed by atoms with E-state index in [1.165, 1.54) is 0 Å². The summed E-state index contributed by atoms with van der Waals surface area (Å²) in [4.78, 5) is 18.6. The number of anilines is 1. The highest BCUT2D eigenvalue weighted by atomic mass is 16.4. The van der Waals surface area contributed by atoms with Crippen LogP contribution in [0, 0.1) is 6.92 Å². The second kappa shape index (κ2) is 6.80. The Kier molecular flexibility index (Phi) is 4.34. The minimum absolute atomic E-state index is 0.0552. The third-order valence-electron chi connectivity index (χ3n) is 4.74. The van der Waals surface area contributed by atoms with Crippen molar-refractivity contribution in [3.63, 3.8) is 0 Å². The van der Waals surface area contributed by atoms with Gasteiger partial charge in [0.15, 0.2) is 5.58 Å². The number of aliphatic hydroxyl groups excluding tert-OH is 1. The van der Waals surface area contributed by atoms with Gasteiger partial charge in [-0.1, -0.05) is 24.3 Å². The number of nitrogens with zero attached hydrogens (tertiary/aromatic N) is 2. The van der Waals surface area contributed by atoms with Gasteiger partial charge in [0.25, 0.3) is 11.9 Å². The number of fused-ring (bicyclic) bond motifs is 1. The lowest BCUT2D eigenvalue weighted by Gasteiger charge is -2.36. The number of benzene rings is 2. The van der Waals surface area contributed by atoms with Crippen molar-refractivity contribution in [1.29, 1.82) is 0 Å². The molecule has 1 saturated heterocycles. The van der Waals surface area contributed by atoms with Crippen LogP contribution in [0.15, 0.2) is 52.9 Å². The van der Waals surface area contributed by atoms with Gasteiger partial charge in [0.2, 0.25) is 0 Å². The molecular weight excluding hydrogens is 330 g/mol. The third kappa shape index (κ3) is 3.28. The predicted molar refractivity (Wildman–Crippen MR) is 99.1 cm³/mol. The molecule has 0 radical (unpaired) electrons. The van der Waals surface area contributed by atoms with Gasteiger partial charge in [-0.15, -0.1) is 0 Å². The zero-order valence-electron chi connectivity index (χ0n) is 14.6. The molecule has 3 aromatic rings. The number of amides is 1. The van der Waals surface area contributed by atoms with Crippen LogP contribution >= 0.6 is 0 Å². The molecule has 26 heavy (non-hydrogen) atoms. The molecule has 1 aliphatic rings. The molecule has 0 saturated carbocycles. The zero-order valence-corrected chi connectivity index (χ0v) is 14.6. The van der Waals surface area contributed by atoms with Crippen LogP contribution in [0.3, 0.4) is 0 Å². The van der Waals surface area contributed by atoms with Gasteiger partial charge in [-0.3, -0.25) is 4.79 Å². The Hall–Kier alpha value is -2.86. The quantitative estimate of drug-likeness (QED) is 0.759. The van der Waals surface area contributed by atoms with Crippen LogP contribution in [-0.4, -0.2) is 46.1 Å². The van der Waals surface area contributed by atoms with E-state index in [9.17, 15) is 9.90 Å². The molecule has 6 nitrogen and oxygen atoms in total. The van der Waals surface area contributed by atoms with E-state index in [-0.39, 0.29) is 18.5 Å². The monoisotopic (exact) mass is 351 g/mol. The van der Waals surface area contributed by atoms with Crippen molar-refractivity contribution >= 4 is 23.0 Å². The van der Waals surface area contributed by atoms with Gasteiger partial charge in [0, 0.05) is 18.7 Å². The molecule has 2 atom stereocenters. The van der Waals surface area contributed by atoms with E-state index in [4.69, 9.17) is 4.42 Å². The van der Waals surface area contributed by atoms with Crippen LogP contribution in [0.1, 0.15) is 22.3 Å². The number of nitrogens with one attached hydrogen (secondary N) is 1. The molecule has 0 aliphatic carbocycles. The minimum Gasteiger partial charge on any atom is -0.424 e. The summed E-state index contributed by atoms with van der Waals surface area (Å²) in [6, 6.07) is 15.2. The van der Waals surface area contributed by atoms with Gasteiger partial charge >= 0.3 is 0 Å². The van der Waals surface area contributed by atoms with Gasteiger partial charge in [-0.25, -0.2) is 0 Å². The smallest absolute Gasteiger partial charge is 0.295 e. The molecule has 1 fully saturated rings. The second-order valence-electron chi connectivity index (χ2n) is 6.71. The molecule has 2 N–H and O–H groups in total. The van der Waals surface area contributed by atoms with E-state index in [1.54, 1.807) is 17.0 Å². The molecule has 1 aliphatic heterocycles. The van der Waals surface area contributed by atoms with E-state index in [0.717, 1.165) is 11.1 Å². The van der Waals surface area contributed by atoms with E-state index in [1.807, 2.05) is 43.3 Å². The normalized spacial score (nSPS) is 20.3. The molecule has 134 valence electrons. The minimum atomic E-state index is -0.687. The van der Waals surface area contributed by atoms with Crippen molar-refractivity contribution in [3.05, 3.63) is 59.7 Å². The van der Waals surface area contributed by atoms with Crippen LogP contribution in [0.2, 0.25) is 0 Å². The fraction of sp³-hybridized carbons (Fsp3) is 0.300. The van der Waals surface area contributed by atoms with Crippen molar-refractivity contribution < 1.29 is 14.3 Å². The van der Waals surface area contributed by atoms with Crippen molar-refractivity contribution in [2.24, 2.45) is 0 Å². The first-order valence-electron chi connectivity index (χ1n) is 8.76. The Morgan fingerprint density at radius 1 is 1.27 bits per heavy atom. The van der Waals surface area contributed by atoms with E-state index < -0.39 is 6.10 Å². The summed E-state index contributed by atoms with van der Waals surface area (Å²) in [6.45, 7) is 2.86. The van der Waals surface area contributed by atoms with Gasteiger partial charge < -0.3 is 19.7 Å². The summed E-state index contributed by atoms with van der Waals surface area (Å²) in [5.74, 6) is -0.0552. The first kappa shape index (κ1) is 16.6.